The van der Waals surface area contributed by atoms with Crippen LogP contribution in [0.15, 0.2) is 34.8 Å². The number of carbonyl (C=O) groups is 1. The predicted molar refractivity (Wildman–Crippen MR) is 80.2 cm³/mol. The van der Waals surface area contributed by atoms with Gasteiger partial charge in [-0.05, 0) is 59.6 Å². The first-order valence-corrected chi connectivity index (χ1v) is 6.57. The van der Waals surface area contributed by atoms with Gasteiger partial charge in [-0.1, -0.05) is 6.07 Å². The van der Waals surface area contributed by atoms with Crippen molar-refractivity contribution >= 4 is 33.3 Å². The number of nitrogens with zero attached hydrogens (tertiary/aromatic N) is 1. The average Bonchev–Trinajstić information content (AvgIpc) is 2.33. The van der Waals surface area contributed by atoms with Crippen LogP contribution in [-0.4, -0.2) is 10.9 Å². The van der Waals surface area contributed by atoms with E-state index in [-0.39, 0.29) is 5.91 Å². The van der Waals surface area contributed by atoms with Gasteiger partial charge in [0, 0.05) is 10.2 Å². The van der Waals surface area contributed by atoms with E-state index in [4.69, 9.17) is 5.73 Å². The van der Waals surface area contributed by atoms with Crippen molar-refractivity contribution in [1.82, 2.24) is 4.98 Å². The van der Waals surface area contributed by atoms with Crippen molar-refractivity contribution in [1.29, 1.82) is 0 Å². The smallest absolute Gasteiger partial charge is 0.258 e. The molecule has 4 nitrogen and oxygen atoms in total. The SMILES string of the molecule is Cc1ccc(C(=O)Nc2ccc(Br)c(C)n2)c(N)c1. The molecule has 0 aliphatic carbocycles. The lowest BCUT2D eigenvalue weighted by Crippen LogP contribution is -2.15. The molecule has 0 spiro atoms. The number of nitrogen functional groups attached to an aromatic ring is 1. The number of aromatic nitrogens is 1. The number of benzene rings is 1. The van der Waals surface area contributed by atoms with Gasteiger partial charge >= 0.3 is 0 Å². The normalized spacial score (nSPS) is 10.3. The number of anilines is 2. The number of hydrogen-bond acceptors (Lipinski definition) is 3. The largest absolute Gasteiger partial charge is 0.398 e. The Labute approximate surface area is 120 Å². The predicted octanol–water partition coefficient (Wildman–Crippen LogP) is 3.30. The third-order valence-corrected chi connectivity index (χ3v) is 3.55. The summed E-state index contributed by atoms with van der Waals surface area (Å²) in [5.41, 5.74) is 8.59. The van der Waals surface area contributed by atoms with E-state index in [2.05, 4.69) is 26.2 Å². The van der Waals surface area contributed by atoms with Gasteiger partial charge < -0.3 is 11.1 Å². The van der Waals surface area contributed by atoms with Crippen molar-refractivity contribution in [3.63, 3.8) is 0 Å². The Hall–Kier alpha value is -1.88. The third-order valence-electron chi connectivity index (χ3n) is 2.71. The van der Waals surface area contributed by atoms with Crippen LogP contribution < -0.4 is 11.1 Å². The molecular weight excluding hydrogens is 306 g/mol. The molecular formula is C14H14BrN3O. The molecule has 98 valence electrons. The second-order valence-corrected chi connectivity index (χ2v) is 5.16. The summed E-state index contributed by atoms with van der Waals surface area (Å²) in [6.45, 7) is 3.79. The van der Waals surface area contributed by atoms with Crippen LogP contribution in [0.4, 0.5) is 11.5 Å². The van der Waals surface area contributed by atoms with Gasteiger partial charge in [0.2, 0.25) is 0 Å². The lowest BCUT2D eigenvalue weighted by atomic mass is 10.1. The van der Waals surface area contributed by atoms with E-state index in [1.54, 1.807) is 18.2 Å². The summed E-state index contributed by atoms with van der Waals surface area (Å²) in [4.78, 5) is 16.4. The summed E-state index contributed by atoms with van der Waals surface area (Å²) in [5.74, 6) is 0.248. The fourth-order valence-corrected chi connectivity index (χ4v) is 1.91. The number of carbonyl (C=O) groups excluding carboxylic acids is 1. The van der Waals surface area contributed by atoms with Gasteiger partial charge in [0.25, 0.3) is 5.91 Å². The molecule has 0 unspecified atom stereocenters. The highest BCUT2D eigenvalue weighted by atomic mass is 79.9. The van der Waals surface area contributed by atoms with Crippen molar-refractivity contribution in [3.8, 4) is 0 Å². The van der Waals surface area contributed by atoms with Crippen molar-refractivity contribution < 1.29 is 4.79 Å². The average molecular weight is 320 g/mol. The monoisotopic (exact) mass is 319 g/mol. The zero-order chi connectivity index (χ0) is 14.0. The van der Waals surface area contributed by atoms with E-state index in [1.165, 1.54) is 0 Å². The van der Waals surface area contributed by atoms with Gasteiger partial charge in [0.1, 0.15) is 5.82 Å². The summed E-state index contributed by atoms with van der Waals surface area (Å²) in [7, 11) is 0. The molecule has 3 N–H and O–H groups in total. The number of pyridine rings is 1. The lowest BCUT2D eigenvalue weighted by Gasteiger charge is -2.08. The number of halogens is 1. The molecule has 2 aromatic rings. The minimum Gasteiger partial charge on any atom is -0.398 e. The van der Waals surface area contributed by atoms with Crippen molar-refractivity contribution in [2.45, 2.75) is 13.8 Å². The number of rotatable bonds is 2. The number of amides is 1. The Morgan fingerprint density at radius 1 is 1.26 bits per heavy atom. The standard InChI is InChI=1S/C14H14BrN3O/c1-8-3-4-10(12(16)7-8)14(19)18-13-6-5-11(15)9(2)17-13/h3-7H,16H2,1-2H3,(H,17,18,19). The highest BCUT2D eigenvalue weighted by Crippen LogP contribution is 2.18. The first-order chi connectivity index (χ1) is 8.97. The first kappa shape index (κ1) is 13.5. The van der Waals surface area contributed by atoms with E-state index in [0.717, 1.165) is 15.7 Å². The quantitative estimate of drug-likeness (QED) is 0.834. The van der Waals surface area contributed by atoms with E-state index in [0.29, 0.717) is 17.1 Å². The van der Waals surface area contributed by atoms with Gasteiger partial charge in [-0.15, -0.1) is 0 Å². The van der Waals surface area contributed by atoms with Gasteiger partial charge in [-0.2, -0.15) is 0 Å². The maximum atomic E-state index is 12.1. The first-order valence-electron chi connectivity index (χ1n) is 5.78. The van der Waals surface area contributed by atoms with Crippen LogP contribution in [0, 0.1) is 13.8 Å². The van der Waals surface area contributed by atoms with Crippen LogP contribution in [0.3, 0.4) is 0 Å². The van der Waals surface area contributed by atoms with Crippen molar-refractivity contribution in [2.24, 2.45) is 0 Å². The minimum absolute atomic E-state index is 0.258. The number of hydrogen-bond donors (Lipinski definition) is 2. The Kier molecular flexibility index (Phi) is 3.85. The summed E-state index contributed by atoms with van der Waals surface area (Å²) in [6, 6.07) is 8.92. The molecule has 5 heteroatoms. The number of nitrogens with two attached hydrogens (primary N) is 1. The van der Waals surface area contributed by atoms with Crippen molar-refractivity contribution in [2.75, 3.05) is 11.1 Å². The van der Waals surface area contributed by atoms with Crippen LogP contribution in [0.1, 0.15) is 21.6 Å². The molecule has 0 saturated carbocycles. The van der Waals surface area contributed by atoms with Crippen LogP contribution in [0.25, 0.3) is 0 Å². The van der Waals surface area contributed by atoms with E-state index in [9.17, 15) is 4.79 Å². The number of nitrogens with one attached hydrogen (secondary N) is 1. The van der Waals surface area contributed by atoms with E-state index >= 15 is 0 Å². The molecule has 1 aromatic carbocycles. The fraction of sp³-hybridized carbons (Fsp3) is 0.143. The fourth-order valence-electron chi connectivity index (χ4n) is 1.69. The highest BCUT2D eigenvalue weighted by Gasteiger charge is 2.11. The Morgan fingerprint density at radius 3 is 2.63 bits per heavy atom. The summed E-state index contributed by atoms with van der Waals surface area (Å²) in [5, 5.41) is 2.74. The molecule has 2 rings (SSSR count). The lowest BCUT2D eigenvalue weighted by molar-refractivity contribution is 0.102. The molecule has 0 fully saturated rings. The molecule has 0 aliphatic rings. The van der Waals surface area contributed by atoms with E-state index in [1.807, 2.05) is 26.0 Å². The van der Waals surface area contributed by atoms with E-state index < -0.39 is 0 Å². The molecule has 0 saturated heterocycles. The second-order valence-electron chi connectivity index (χ2n) is 4.31. The van der Waals surface area contributed by atoms with Gasteiger partial charge in [-0.3, -0.25) is 4.79 Å². The Bertz CT molecular complexity index is 641. The maximum Gasteiger partial charge on any atom is 0.258 e. The molecule has 0 bridgehead atoms. The molecule has 1 amide bonds. The molecule has 0 aliphatic heterocycles. The van der Waals surface area contributed by atoms with Crippen molar-refractivity contribution in [3.05, 3.63) is 51.6 Å². The Balaban J connectivity index is 2.23. The van der Waals surface area contributed by atoms with Gasteiger partial charge in [0.15, 0.2) is 0 Å². The van der Waals surface area contributed by atoms with Crippen LogP contribution in [0.2, 0.25) is 0 Å². The van der Waals surface area contributed by atoms with Crippen LogP contribution >= 0.6 is 15.9 Å². The molecule has 0 radical (unpaired) electrons. The molecule has 1 heterocycles. The topological polar surface area (TPSA) is 68.0 Å². The maximum absolute atomic E-state index is 12.1. The summed E-state index contributed by atoms with van der Waals surface area (Å²) in [6.07, 6.45) is 0. The summed E-state index contributed by atoms with van der Waals surface area (Å²) >= 11 is 3.36. The second kappa shape index (κ2) is 5.40. The molecule has 19 heavy (non-hydrogen) atoms. The number of aryl methyl sites for hydroxylation is 2. The zero-order valence-corrected chi connectivity index (χ0v) is 12.3. The minimum atomic E-state index is -0.258. The third kappa shape index (κ3) is 3.12. The molecule has 1 aromatic heterocycles. The van der Waals surface area contributed by atoms with Crippen LogP contribution in [-0.2, 0) is 0 Å². The zero-order valence-electron chi connectivity index (χ0n) is 10.7. The van der Waals surface area contributed by atoms with Gasteiger partial charge in [-0.25, -0.2) is 4.98 Å². The molecule has 0 atom stereocenters. The van der Waals surface area contributed by atoms with Gasteiger partial charge in [0.05, 0.1) is 11.3 Å². The Morgan fingerprint density at radius 2 is 2.00 bits per heavy atom. The summed E-state index contributed by atoms with van der Waals surface area (Å²) < 4.78 is 0.903. The van der Waals surface area contributed by atoms with Crippen LogP contribution in [0.5, 0.6) is 0 Å². The highest BCUT2D eigenvalue weighted by molar-refractivity contribution is 9.10.